The Hall–Kier alpha value is -2.31. The van der Waals surface area contributed by atoms with Gasteiger partial charge in [-0.05, 0) is 6.42 Å². The average molecular weight is 267 g/mol. The number of carbonyl (C=O) groups excluding carboxylic acids is 1. The van der Waals surface area contributed by atoms with Crippen LogP contribution in [0.15, 0.2) is 18.7 Å². The van der Waals surface area contributed by atoms with Crippen molar-refractivity contribution in [2.24, 2.45) is 0 Å². The molecule has 19 heavy (non-hydrogen) atoms. The second kappa shape index (κ2) is 7.20. The van der Waals surface area contributed by atoms with Crippen LogP contribution in [0.4, 0.5) is 0 Å². The second-order valence-electron chi connectivity index (χ2n) is 4.05. The maximum atomic E-state index is 11.4. The number of rotatable bonds is 8. The fourth-order valence-corrected chi connectivity index (χ4v) is 1.56. The number of carboxylic acids is 1. The van der Waals surface area contributed by atoms with Gasteiger partial charge in [0.1, 0.15) is 0 Å². The molecule has 0 aliphatic rings. The summed E-state index contributed by atoms with van der Waals surface area (Å²) < 4.78 is 0. The monoisotopic (exact) mass is 267 g/mol. The van der Waals surface area contributed by atoms with E-state index in [0.717, 1.165) is 0 Å². The number of H-pyrrole nitrogens is 1. The van der Waals surface area contributed by atoms with Crippen molar-refractivity contribution in [3.63, 3.8) is 0 Å². The van der Waals surface area contributed by atoms with Crippen molar-refractivity contribution in [3.8, 4) is 0 Å². The van der Waals surface area contributed by atoms with Crippen LogP contribution in [0, 0.1) is 0 Å². The molecule has 0 radical (unpaired) electrons. The van der Waals surface area contributed by atoms with Gasteiger partial charge in [-0.1, -0.05) is 6.58 Å². The summed E-state index contributed by atoms with van der Waals surface area (Å²) in [6, 6.07) is 0. The highest BCUT2D eigenvalue weighted by molar-refractivity contribution is 5.86. The molecule has 1 aromatic rings. The average Bonchev–Trinajstić information content (AvgIpc) is 2.77. The van der Waals surface area contributed by atoms with Crippen LogP contribution < -0.4 is 5.32 Å². The van der Waals surface area contributed by atoms with Crippen LogP contribution in [0.3, 0.4) is 0 Å². The number of hydrogen-bond donors (Lipinski definition) is 4. The topological polar surface area (TPSA) is 115 Å². The molecule has 0 atom stereocenters. The summed E-state index contributed by atoms with van der Waals surface area (Å²) in [5.74, 6) is -1.17. The van der Waals surface area contributed by atoms with Gasteiger partial charge in [0.15, 0.2) is 5.69 Å². The fourth-order valence-electron chi connectivity index (χ4n) is 1.56. The van der Waals surface area contributed by atoms with E-state index in [2.05, 4.69) is 21.9 Å². The predicted molar refractivity (Wildman–Crippen MR) is 67.9 cm³/mol. The minimum absolute atomic E-state index is 0.0224. The lowest BCUT2D eigenvalue weighted by Gasteiger charge is -2.04. The Balaban J connectivity index is 2.26. The van der Waals surface area contributed by atoms with Crippen molar-refractivity contribution in [1.82, 2.24) is 15.3 Å². The van der Waals surface area contributed by atoms with Crippen molar-refractivity contribution in [2.45, 2.75) is 25.7 Å². The number of allylic oxidation sites excluding steroid dienone is 1. The van der Waals surface area contributed by atoms with E-state index in [1.54, 1.807) is 0 Å². The highest BCUT2D eigenvalue weighted by atomic mass is 16.4. The summed E-state index contributed by atoms with van der Waals surface area (Å²) >= 11 is 0. The molecule has 1 amide bonds. The second-order valence-corrected chi connectivity index (χ2v) is 4.05. The number of carboxylic acid groups (broad SMARTS) is 1. The van der Waals surface area contributed by atoms with E-state index in [0.29, 0.717) is 37.9 Å². The summed E-state index contributed by atoms with van der Waals surface area (Å²) in [6.45, 7) is 3.67. The first-order valence-electron chi connectivity index (χ1n) is 5.89. The van der Waals surface area contributed by atoms with Crippen LogP contribution in [0.1, 0.15) is 35.4 Å². The maximum Gasteiger partial charge on any atom is 0.356 e. The Morgan fingerprint density at radius 3 is 2.74 bits per heavy atom. The van der Waals surface area contributed by atoms with Gasteiger partial charge in [0.25, 0.3) is 0 Å². The van der Waals surface area contributed by atoms with Crippen molar-refractivity contribution in [2.75, 3.05) is 6.54 Å². The third-order valence-corrected chi connectivity index (χ3v) is 2.49. The minimum Gasteiger partial charge on any atom is -0.513 e. The summed E-state index contributed by atoms with van der Waals surface area (Å²) in [7, 11) is 0. The molecule has 1 aromatic heterocycles. The number of aliphatic hydroxyl groups is 1. The number of amides is 1. The summed E-state index contributed by atoms with van der Waals surface area (Å²) in [5.41, 5.74) is 0.461. The van der Waals surface area contributed by atoms with Gasteiger partial charge >= 0.3 is 5.97 Å². The zero-order valence-electron chi connectivity index (χ0n) is 10.5. The number of hydrogen-bond acceptors (Lipinski definition) is 4. The van der Waals surface area contributed by atoms with Crippen LogP contribution in [0.2, 0.25) is 0 Å². The lowest BCUT2D eigenvalue weighted by Crippen LogP contribution is -2.25. The Morgan fingerprint density at radius 1 is 1.37 bits per heavy atom. The van der Waals surface area contributed by atoms with Crippen LogP contribution in [0.25, 0.3) is 0 Å². The molecular weight excluding hydrogens is 250 g/mol. The molecule has 7 nitrogen and oxygen atoms in total. The molecule has 7 heteroatoms. The number of aromatic nitrogens is 2. The third kappa shape index (κ3) is 5.24. The Morgan fingerprint density at radius 2 is 2.11 bits per heavy atom. The number of aliphatic hydroxyl groups excluding tert-OH is 1. The molecule has 4 N–H and O–H groups in total. The molecule has 0 aliphatic heterocycles. The van der Waals surface area contributed by atoms with Gasteiger partial charge in [-0.15, -0.1) is 0 Å². The third-order valence-electron chi connectivity index (χ3n) is 2.49. The van der Waals surface area contributed by atoms with Crippen molar-refractivity contribution < 1.29 is 19.8 Å². The van der Waals surface area contributed by atoms with Crippen molar-refractivity contribution >= 4 is 11.9 Å². The number of aromatic amines is 1. The number of nitrogens with zero attached hydrogens (tertiary/aromatic N) is 1. The molecule has 0 bridgehead atoms. The zero-order valence-corrected chi connectivity index (χ0v) is 10.5. The first kappa shape index (κ1) is 14.7. The largest absolute Gasteiger partial charge is 0.513 e. The Kier molecular flexibility index (Phi) is 5.59. The normalized spacial score (nSPS) is 10.1. The Bertz CT molecular complexity index is 467. The van der Waals surface area contributed by atoms with E-state index in [9.17, 15) is 9.59 Å². The van der Waals surface area contributed by atoms with E-state index in [-0.39, 0.29) is 17.4 Å². The number of nitrogens with one attached hydrogen (secondary N) is 2. The van der Waals surface area contributed by atoms with E-state index in [1.807, 2.05) is 0 Å². The van der Waals surface area contributed by atoms with E-state index in [1.165, 1.54) is 6.33 Å². The molecule has 0 saturated heterocycles. The highest BCUT2D eigenvalue weighted by Gasteiger charge is 2.12. The van der Waals surface area contributed by atoms with Gasteiger partial charge in [-0.2, -0.15) is 0 Å². The Labute approximate surface area is 110 Å². The molecule has 0 unspecified atom stereocenters. The first-order chi connectivity index (χ1) is 9.00. The van der Waals surface area contributed by atoms with Gasteiger partial charge in [0.2, 0.25) is 5.91 Å². The van der Waals surface area contributed by atoms with Gasteiger partial charge in [0, 0.05) is 25.8 Å². The summed E-state index contributed by atoms with van der Waals surface area (Å²) in [5, 5.41) is 20.4. The highest BCUT2D eigenvalue weighted by Crippen LogP contribution is 2.04. The summed E-state index contributed by atoms with van der Waals surface area (Å²) in [4.78, 5) is 28.6. The van der Waals surface area contributed by atoms with Crippen LogP contribution in [0.5, 0.6) is 0 Å². The van der Waals surface area contributed by atoms with Crippen LogP contribution in [-0.4, -0.2) is 38.6 Å². The molecular formula is C12H17N3O4. The van der Waals surface area contributed by atoms with Gasteiger partial charge in [0.05, 0.1) is 17.8 Å². The SMILES string of the molecule is C=C(O)CCCC(=O)NCCc1[nH]cnc1C(=O)O. The number of carbonyl (C=O) groups is 2. The predicted octanol–water partition coefficient (Wildman–Crippen LogP) is 1.01. The zero-order chi connectivity index (χ0) is 14.3. The molecule has 1 heterocycles. The van der Waals surface area contributed by atoms with Crippen LogP contribution in [-0.2, 0) is 11.2 Å². The molecule has 104 valence electrons. The standard InChI is InChI=1S/C12H17N3O4/c1-8(16)3-2-4-10(17)13-6-5-9-11(12(18)19)15-7-14-9/h7,16H,1-6H2,(H,13,17)(H,14,15)(H,18,19). The lowest BCUT2D eigenvalue weighted by atomic mass is 10.2. The quantitative estimate of drug-likeness (QED) is 0.525. The molecule has 1 rings (SSSR count). The smallest absolute Gasteiger partial charge is 0.356 e. The van der Waals surface area contributed by atoms with E-state index >= 15 is 0 Å². The molecule has 0 aliphatic carbocycles. The van der Waals surface area contributed by atoms with Crippen molar-refractivity contribution in [1.29, 1.82) is 0 Å². The lowest BCUT2D eigenvalue weighted by molar-refractivity contribution is -0.121. The number of imidazole rings is 1. The van der Waals surface area contributed by atoms with Crippen LogP contribution >= 0.6 is 0 Å². The first-order valence-corrected chi connectivity index (χ1v) is 5.89. The van der Waals surface area contributed by atoms with Gasteiger partial charge in [-0.25, -0.2) is 9.78 Å². The molecule has 0 spiro atoms. The van der Waals surface area contributed by atoms with Crippen molar-refractivity contribution in [3.05, 3.63) is 30.1 Å². The maximum absolute atomic E-state index is 11.4. The molecule has 0 aromatic carbocycles. The van der Waals surface area contributed by atoms with Gasteiger partial charge < -0.3 is 20.5 Å². The minimum atomic E-state index is -1.09. The molecule has 0 fully saturated rings. The van der Waals surface area contributed by atoms with Gasteiger partial charge in [-0.3, -0.25) is 4.79 Å². The van der Waals surface area contributed by atoms with E-state index < -0.39 is 5.97 Å². The summed E-state index contributed by atoms with van der Waals surface area (Å²) in [6.07, 6.45) is 2.92. The fraction of sp³-hybridized carbons (Fsp3) is 0.417. The number of aromatic carboxylic acids is 1. The van der Waals surface area contributed by atoms with E-state index in [4.69, 9.17) is 10.2 Å². The molecule has 0 saturated carbocycles.